The molecule has 2 bridgehead atoms. The van der Waals surface area contributed by atoms with E-state index in [-0.39, 0.29) is 17.4 Å². The standard InChI is InChI=1S/C30H27N2O2.F6P/c1-2-7-22(8-3-1)9-6-14-31-15-16-32-27-19-30(23-12-17-33-20-23,24-13-18-34-21-24)28(29(31)32)26-11-5-4-10-25(26)27;1-7(2,3,4,5)6/h1-5,7-8,10-13,15-18,20-21,27-28H,6,9,14,19H2;/q+1;-1/t27-,28+;/m1./s1. The number of hydrogen-bond acceptors (Lipinski definition) is 2. The molecule has 4 nitrogen and oxygen atoms in total. The molecule has 216 valence electrons. The molecule has 0 saturated heterocycles. The molecule has 41 heavy (non-hydrogen) atoms. The second-order valence-electron chi connectivity index (χ2n) is 10.6. The summed E-state index contributed by atoms with van der Waals surface area (Å²) in [5, 5.41) is 0. The molecule has 2 aromatic carbocycles. The molecular weight excluding hydrogens is 565 g/mol. The van der Waals surface area contributed by atoms with Gasteiger partial charge in [0.2, 0.25) is 0 Å². The monoisotopic (exact) mass is 592 g/mol. The third-order valence-electron chi connectivity index (χ3n) is 8.01. The summed E-state index contributed by atoms with van der Waals surface area (Å²) >= 11 is 0. The number of rotatable bonds is 6. The van der Waals surface area contributed by atoms with E-state index >= 15 is 0 Å². The van der Waals surface area contributed by atoms with Crippen LogP contribution < -0.4 is 4.57 Å². The van der Waals surface area contributed by atoms with Crippen LogP contribution in [-0.2, 0) is 18.4 Å². The second-order valence-corrected chi connectivity index (χ2v) is 12.5. The molecule has 11 heteroatoms. The van der Waals surface area contributed by atoms with Gasteiger partial charge in [-0.05, 0) is 36.1 Å². The van der Waals surface area contributed by atoms with Crippen molar-refractivity contribution in [3.05, 3.63) is 138 Å². The molecule has 2 aliphatic heterocycles. The van der Waals surface area contributed by atoms with Crippen LogP contribution in [0.5, 0.6) is 0 Å². The molecule has 1 aliphatic carbocycles. The first-order chi connectivity index (χ1) is 19.3. The Balaban J connectivity index is 0.000000387. The van der Waals surface area contributed by atoms with E-state index in [4.69, 9.17) is 8.83 Å². The smallest absolute Gasteiger partial charge is 0.265 e. The summed E-state index contributed by atoms with van der Waals surface area (Å²) in [5.74, 6) is 1.56. The maximum atomic E-state index is 9.87. The summed E-state index contributed by atoms with van der Waals surface area (Å²) in [4.78, 5) is 0. The Labute approximate surface area is 232 Å². The van der Waals surface area contributed by atoms with Gasteiger partial charge in [0.05, 0.1) is 31.6 Å². The minimum absolute atomic E-state index is 0.177. The quantitative estimate of drug-likeness (QED) is 0.112. The van der Waals surface area contributed by atoms with Gasteiger partial charge in [-0.3, -0.25) is 0 Å². The predicted molar refractivity (Wildman–Crippen MR) is 142 cm³/mol. The normalized spacial score (nSPS) is 20.2. The van der Waals surface area contributed by atoms with Gasteiger partial charge < -0.3 is 8.83 Å². The second kappa shape index (κ2) is 9.11. The third-order valence-corrected chi connectivity index (χ3v) is 8.01. The molecule has 8 rings (SSSR count). The Morgan fingerprint density at radius 2 is 1.39 bits per heavy atom. The van der Waals surface area contributed by atoms with E-state index in [0.717, 1.165) is 25.8 Å². The van der Waals surface area contributed by atoms with Gasteiger partial charge in [0.1, 0.15) is 24.4 Å². The molecule has 0 spiro atoms. The number of furan rings is 2. The van der Waals surface area contributed by atoms with Gasteiger partial charge >= 0.3 is 33.0 Å². The van der Waals surface area contributed by atoms with Crippen molar-refractivity contribution < 1.29 is 38.6 Å². The minimum Gasteiger partial charge on any atom is -0.472 e. The minimum atomic E-state index is -10.7. The first-order valence-electron chi connectivity index (χ1n) is 13.2. The van der Waals surface area contributed by atoms with Crippen molar-refractivity contribution in [2.75, 3.05) is 0 Å². The Morgan fingerprint density at radius 1 is 0.805 bits per heavy atom. The summed E-state index contributed by atoms with van der Waals surface area (Å²) < 4.78 is 75.5. The van der Waals surface area contributed by atoms with Crippen molar-refractivity contribution in [3.8, 4) is 0 Å². The number of benzene rings is 2. The Morgan fingerprint density at radius 3 is 1.98 bits per heavy atom. The molecule has 3 aliphatic rings. The van der Waals surface area contributed by atoms with Crippen molar-refractivity contribution in [3.63, 3.8) is 0 Å². The molecule has 2 atom stereocenters. The van der Waals surface area contributed by atoms with E-state index in [1.54, 1.807) is 12.5 Å². The van der Waals surface area contributed by atoms with Gasteiger partial charge in [-0.25, -0.2) is 9.13 Å². The van der Waals surface area contributed by atoms with Crippen LogP contribution in [0, 0.1) is 0 Å². The zero-order valence-corrected chi connectivity index (χ0v) is 22.6. The van der Waals surface area contributed by atoms with Crippen molar-refractivity contribution >= 4 is 7.81 Å². The Bertz CT molecular complexity index is 1600. The Hall–Kier alpha value is -3.78. The van der Waals surface area contributed by atoms with E-state index < -0.39 is 7.81 Å². The molecule has 0 saturated carbocycles. The van der Waals surface area contributed by atoms with Gasteiger partial charge in [-0.2, -0.15) is 0 Å². The van der Waals surface area contributed by atoms with Gasteiger partial charge in [0.15, 0.2) is 0 Å². The molecule has 0 radical (unpaired) electrons. The van der Waals surface area contributed by atoms with Crippen LogP contribution >= 0.6 is 7.81 Å². The first-order valence-corrected chi connectivity index (χ1v) is 15.2. The number of nitrogens with zero attached hydrogens (tertiary/aromatic N) is 2. The first kappa shape index (κ1) is 27.4. The van der Waals surface area contributed by atoms with Crippen LogP contribution in [0.3, 0.4) is 0 Å². The summed E-state index contributed by atoms with van der Waals surface area (Å²) in [6, 6.07) is 24.3. The molecule has 0 fully saturated rings. The molecular formula is C30H27F6N2O2P. The zero-order chi connectivity index (χ0) is 28.9. The van der Waals surface area contributed by atoms with Crippen LogP contribution in [0.2, 0.25) is 0 Å². The summed E-state index contributed by atoms with van der Waals surface area (Å²) in [7, 11) is -10.7. The van der Waals surface area contributed by atoms with E-state index in [0.29, 0.717) is 0 Å². The summed E-state index contributed by atoms with van der Waals surface area (Å²) in [5.41, 5.74) is 6.48. The van der Waals surface area contributed by atoms with Crippen LogP contribution in [0.1, 0.15) is 58.4 Å². The maximum absolute atomic E-state index is 10.7. The zero-order valence-electron chi connectivity index (χ0n) is 21.7. The van der Waals surface area contributed by atoms with E-state index in [1.807, 2.05) is 12.5 Å². The average Bonchev–Trinajstić information content (AvgIpc) is 3.71. The number of halogens is 6. The fraction of sp³-hybridized carbons (Fsp3) is 0.233. The fourth-order valence-electron chi connectivity index (χ4n) is 6.57. The van der Waals surface area contributed by atoms with Crippen LogP contribution in [0.25, 0.3) is 0 Å². The predicted octanol–water partition coefficient (Wildman–Crippen LogP) is 9.40. The maximum Gasteiger partial charge on any atom is 0.265 e. The molecule has 5 aromatic rings. The topological polar surface area (TPSA) is 35.1 Å². The molecule has 5 heterocycles. The van der Waals surface area contributed by atoms with Crippen LogP contribution in [0.15, 0.2) is 113 Å². The SMILES string of the molecule is F[P-](F)(F)(F)(F)F.c1ccc(CCCn2cc[n+]3c2[C@@H]2c4ccccc4[C@H]3CC2(c2ccoc2)c2ccoc2)cc1. The van der Waals surface area contributed by atoms with Gasteiger partial charge in [-0.15, -0.1) is 0 Å². The van der Waals surface area contributed by atoms with Crippen LogP contribution in [-0.4, -0.2) is 4.57 Å². The summed E-state index contributed by atoms with van der Waals surface area (Å²) in [6.07, 6.45) is 15.2. The summed E-state index contributed by atoms with van der Waals surface area (Å²) in [6.45, 7) is 0.996. The van der Waals surface area contributed by atoms with E-state index in [1.165, 1.54) is 33.6 Å². The number of aromatic nitrogens is 2. The number of hydrogen-bond donors (Lipinski definition) is 0. The van der Waals surface area contributed by atoms with Crippen molar-refractivity contribution in [1.29, 1.82) is 0 Å². The van der Waals surface area contributed by atoms with E-state index in [2.05, 4.69) is 88.3 Å². The molecule has 3 aromatic heterocycles. The number of aryl methyl sites for hydroxylation is 2. The van der Waals surface area contributed by atoms with Crippen molar-refractivity contribution in [2.24, 2.45) is 0 Å². The average molecular weight is 593 g/mol. The van der Waals surface area contributed by atoms with Gasteiger partial charge in [-0.1, -0.05) is 54.6 Å². The van der Waals surface area contributed by atoms with Crippen molar-refractivity contribution in [1.82, 2.24) is 4.57 Å². The van der Waals surface area contributed by atoms with Crippen LogP contribution in [0.4, 0.5) is 25.2 Å². The molecule has 0 unspecified atom stereocenters. The Kier molecular flexibility index (Phi) is 6.09. The number of fused-ring (bicyclic) bond motifs is 1. The number of imidazole rings is 1. The van der Waals surface area contributed by atoms with E-state index in [9.17, 15) is 25.2 Å². The third kappa shape index (κ3) is 5.58. The van der Waals surface area contributed by atoms with Gasteiger partial charge in [0, 0.05) is 28.5 Å². The molecule has 0 N–H and O–H groups in total. The van der Waals surface area contributed by atoms with Gasteiger partial charge in [0.25, 0.3) is 5.82 Å². The van der Waals surface area contributed by atoms with Crippen molar-refractivity contribution in [2.45, 2.75) is 43.2 Å². The largest absolute Gasteiger partial charge is 0.472 e. The molecule has 0 amide bonds. The fourth-order valence-corrected chi connectivity index (χ4v) is 6.57.